The van der Waals surface area contributed by atoms with Crippen molar-refractivity contribution in [1.29, 1.82) is 0 Å². The second kappa shape index (κ2) is 10.6. The van der Waals surface area contributed by atoms with Crippen LogP contribution in [0.25, 0.3) is 0 Å². The molecular formula is C26H27NO6. The van der Waals surface area contributed by atoms with Gasteiger partial charge in [-0.25, -0.2) is 0 Å². The van der Waals surface area contributed by atoms with Gasteiger partial charge in [-0.05, 0) is 12.5 Å². The van der Waals surface area contributed by atoms with Gasteiger partial charge in [0.15, 0.2) is 11.4 Å². The van der Waals surface area contributed by atoms with Gasteiger partial charge in [-0.1, -0.05) is 60.7 Å². The lowest BCUT2D eigenvalue weighted by atomic mass is 9.90. The lowest BCUT2D eigenvalue weighted by Crippen LogP contribution is -2.36. The zero-order valence-corrected chi connectivity index (χ0v) is 18.9. The fourth-order valence-corrected chi connectivity index (χ4v) is 3.68. The third-order valence-corrected chi connectivity index (χ3v) is 5.12. The van der Waals surface area contributed by atoms with Gasteiger partial charge in [-0.3, -0.25) is 14.4 Å². The number of benzene rings is 2. The molecule has 0 N–H and O–H groups in total. The van der Waals surface area contributed by atoms with Crippen LogP contribution < -0.4 is 10.2 Å². The number of hydrogen-bond donors (Lipinski definition) is 0. The number of nitrogens with zero attached hydrogens (tertiary/aromatic N) is 1. The first-order chi connectivity index (χ1) is 15.8. The maximum atomic E-state index is 13.0. The number of carbonyl (C=O) groups is 2. The summed E-state index contributed by atoms with van der Waals surface area (Å²) in [6.07, 6.45) is 1.58. The van der Waals surface area contributed by atoms with Crippen molar-refractivity contribution in [2.45, 2.75) is 39.5 Å². The Bertz CT molecular complexity index is 1160. The second-order valence-corrected chi connectivity index (χ2v) is 7.66. The Morgan fingerprint density at radius 3 is 2.15 bits per heavy atom. The van der Waals surface area contributed by atoms with E-state index in [1.807, 2.05) is 60.7 Å². The van der Waals surface area contributed by atoms with Crippen LogP contribution in [0.5, 0.6) is 5.75 Å². The van der Waals surface area contributed by atoms with E-state index in [4.69, 9.17) is 14.2 Å². The highest BCUT2D eigenvalue weighted by Crippen LogP contribution is 2.37. The third kappa shape index (κ3) is 5.88. The highest BCUT2D eigenvalue weighted by atomic mass is 16.6. The van der Waals surface area contributed by atoms with Gasteiger partial charge in [0, 0.05) is 31.7 Å². The summed E-state index contributed by atoms with van der Waals surface area (Å²) in [5, 5.41) is 0. The first kappa shape index (κ1) is 23.8. The van der Waals surface area contributed by atoms with Gasteiger partial charge in [0.25, 0.3) is 0 Å². The molecule has 0 radical (unpaired) electrons. The van der Waals surface area contributed by atoms with Crippen LogP contribution in [0.2, 0.25) is 0 Å². The second-order valence-electron chi connectivity index (χ2n) is 7.66. The van der Waals surface area contributed by atoms with E-state index in [9.17, 15) is 14.4 Å². The molecule has 172 valence electrons. The van der Waals surface area contributed by atoms with Gasteiger partial charge in [0.1, 0.15) is 18.9 Å². The molecule has 1 unspecified atom stereocenters. The molecule has 1 aromatic heterocycles. The smallest absolute Gasteiger partial charge is 0.303 e. The van der Waals surface area contributed by atoms with Crippen LogP contribution in [0.4, 0.5) is 0 Å². The molecule has 0 amide bonds. The molecule has 0 bridgehead atoms. The van der Waals surface area contributed by atoms with E-state index in [0.717, 1.165) is 5.56 Å². The van der Waals surface area contributed by atoms with Crippen molar-refractivity contribution in [3.05, 3.63) is 100.0 Å². The number of aromatic nitrogens is 1. The summed E-state index contributed by atoms with van der Waals surface area (Å²) in [5.41, 5.74) is 0.220. The number of ether oxygens (including phenoxy) is 3. The van der Waals surface area contributed by atoms with E-state index in [-0.39, 0.29) is 30.9 Å². The minimum absolute atomic E-state index is 0.0665. The molecular weight excluding hydrogens is 422 g/mol. The molecule has 1 atom stereocenters. The first-order valence-corrected chi connectivity index (χ1v) is 10.6. The predicted octanol–water partition coefficient (Wildman–Crippen LogP) is 3.82. The van der Waals surface area contributed by atoms with E-state index in [1.54, 1.807) is 17.7 Å². The van der Waals surface area contributed by atoms with Crippen LogP contribution in [0.3, 0.4) is 0 Å². The minimum atomic E-state index is -1.34. The predicted molar refractivity (Wildman–Crippen MR) is 123 cm³/mol. The van der Waals surface area contributed by atoms with E-state index in [0.29, 0.717) is 11.3 Å². The van der Waals surface area contributed by atoms with Crippen LogP contribution in [0.1, 0.15) is 37.6 Å². The maximum absolute atomic E-state index is 13.0. The zero-order chi connectivity index (χ0) is 23.8. The molecule has 7 nitrogen and oxygen atoms in total. The summed E-state index contributed by atoms with van der Waals surface area (Å²) in [4.78, 5) is 36.5. The minimum Gasteiger partial charge on any atom is -0.483 e. The maximum Gasteiger partial charge on any atom is 0.303 e. The Morgan fingerprint density at radius 2 is 1.55 bits per heavy atom. The van der Waals surface area contributed by atoms with Crippen molar-refractivity contribution < 1.29 is 23.8 Å². The van der Waals surface area contributed by atoms with Crippen molar-refractivity contribution in [1.82, 2.24) is 4.57 Å². The Balaban J connectivity index is 2.16. The van der Waals surface area contributed by atoms with Crippen LogP contribution in [0, 0.1) is 0 Å². The van der Waals surface area contributed by atoms with E-state index in [2.05, 4.69) is 0 Å². The van der Waals surface area contributed by atoms with Gasteiger partial charge in [0.2, 0.25) is 5.43 Å². The number of pyridine rings is 1. The van der Waals surface area contributed by atoms with E-state index < -0.39 is 17.5 Å². The van der Waals surface area contributed by atoms with E-state index >= 15 is 0 Å². The molecule has 1 heterocycles. The molecule has 0 aliphatic heterocycles. The largest absolute Gasteiger partial charge is 0.483 e. The summed E-state index contributed by atoms with van der Waals surface area (Å²) in [6.45, 7) is 4.83. The normalized spacial score (nSPS) is 12.5. The first-order valence-electron chi connectivity index (χ1n) is 10.6. The van der Waals surface area contributed by atoms with Crippen LogP contribution >= 0.6 is 0 Å². The molecule has 0 spiro atoms. The van der Waals surface area contributed by atoms with Gasteiger partial charge in [-0.15, -0.1) is 0 Å². The van der Waals surface area contributed by atoms with Crippen LogP contribution in [-0.2, 0) is 37.8 Å². The number of esters is 2. The number of carbonyl (C=O) groups excluding carboxylic acids is 2. The van der Waals surface area contributed by atoms with Crippen molar-refractivity contribution in [3.8, 4) is 5.75 Å². The summed E-state index contributed by atoms with van der Waals surface area (Å²) < 4.78 is 18.7. The van der Waals surface area contributed by atoms with E-state index in [1.165, 1.54) is 19.9 Å². The fraction of sp³-hybridized carbons (Fsp3) is 0.269. The molecule has 0 aliphatic rings. The zero-order valence-electron chi connectivity index (χ0n) is 18.9. The Kier molecular flexibility index (Phi) is 7.66. The molecule has 3 rings (SSSR count). The average Bonchev–Trinajstić information content (AvgIpc) is 2.79. The highest BCUT2D eigenvalue weighted by molar-refractivity contribution is 5.68. The van der Waals surface area contributed by atoms with Crippen molar-refractivity contribution in [3.63, 3.8) is 0 Å². The van der Waals surface area contributed by atoms with Crippen molar-refractivity contribution >= 4 is 11.9 Å². The summed E-state index contributed by atoms with van der Waals surface area (Å²) in [5.74, 6) is -0.862. The summed E-state index contributed by atoms with van der Waals surface area (Å²) in [6, 6.07) is 20.0. The Morgan fingerprint density at radius 1 is 0.909 bits per heavy atom. The summed E-state index contributed by atoms with van der Waals surface area (Å²) in [7, 11) is 0. The Hall–Kier alpha value is -3.87. The average molecular weight is 450 g/mol. The van der Waals surface area contributed by atoms with Gasteiger partial charge in [-0.2, -0.15) is 0 Å². The molecule has 0 fully saturated rings. The lowest BCUT2D eigenvalue weighted by molar-refractivity contribution is -0.153. The molecule has 0 saturated carbocycles. The molecule has 2 aromatic carbocycles. The number of rotatable bonds is 9. The highest BCUT2D eigenvalue weighted by Gasteiger charge is 2.39. The topological polar surface area (TPSA) is 83.8 Å². The molecule has 7 heteroatoms. The van der Waals surface area contributed by atoms with Crippen molar-refractivity contribution in [2.24, 2.45) is 0 Å². The molecule has 0 aliphatic carbocycles. The standard InChI is InChI=1S/C26H27NO6/c1-19(28)31-17-16-27-15-14-23(30)24(32-18-21-10-6-4-7-11-21)25(27)26(3,33-20(2)29)22-12-8-5-9-13-22/h4-15H,16-18H2,1-3H3. The molecule has 3 aromatic rings. The van der Waals surface area contributed by atoms with Crippen LogP contribution in [0.15, 0.2) is 77.7 Å². The molecule has 0 saturated heterocycles. The lowest BCUT2D eigenvalue weighted by Gasteiger charge is -2.33. The Labute approximate surface area is 192 Å². The van der Waals surface area contributed by atoms with Gasteiger partial charge in [0.05, 0.1) is 6.54 Å². The quantitative estimate of drug-likeness (QED) is 0.462. The third-order valence-electron chi connectivity index (χ3n) is 5.12. The summed E-state index contributed by atoms with van der Waals surface area (Å²) >= 11 is 0. The van der Waals surface area contributed by atoms with Crippen LogP contribution in [-0.4, -0.2) is 23.1 Å². The monoisotopic (exact) mass is 449 g/mol. The number of hydrogen-bond acceptors (Lipinski definition) is 6. The molecule has 33 heavy (non-hydrogen) atoms. The van der Waals surface area contributed by atoms with Gasteiger partial charge >= 0.3 is 11.9 Å². The fourth-order valence-electron chi connectivity index (χ4n) is 3.68. The van der Waals surface area contributed by atoms with Gasteiger partial charge < -0.3 is 18.8 Å². The van der Waals surface area contributed by atoms with Crippen molar-refractivity contribution in [2.75, 3.05) is 6.61 Å². The SMILES string of the molecule is CC(=O)OCCn1ccc(=O)c(OCc2ccccc2)c1C(C)(OC(C)=O)c1ccccc1.